The molecule has 2 aromatic rings. The summed E-state index contributed by atoms with van der Waals surface area (Å²) in [4.78, 5) is 15.2. The molecule has 0 unspecified atom stereocenters. The third kappa shape index (κ3) is 2.12. The molecular formula is C10H10N4OS. The van der Waals surface area contributed by atoms with Gasteiger partial charge in [-0.25, -0.2) is 4.98 Å². The lowest BCUT2D eigenvalue weighted by atomic mass is 10.2. The number of anilines is 3. The Balaban J connectivity index is 2.36. The molecular weight excluding hydrogens is 224 g/mol. The third-order valence-corrected chi connectivity index (χ3v) is 2.64. The van der Waals surface area contributed by atoms with Crippen LogP contribution in [0.25, 0.3) is 0 Å². The van der Waals surface area contributed by atoms with Gasteiger partial charge < -0.3 is 16.8 Å². The molecule has 0 atom stereocenters. The fourth-order valence-corrected chi connectivity index (χ4v) is 1.83. The van der Waals surface area contributed by atoms with E-state index in [9.17, 15) is 4.79 Å². The van der Waals surface area contributed by atoms with Crippen molar-refractivity contribution in [3.63, 3.8) is 0 Å². The number of aromatic nitrogens is 1. The summed E-state index contributed by atoms with van der Waals surface area (Å²) in [6.45, 7) is 0. The standard InChI is InChI=1S/C10H10N4OS/c11-6-3-8(9(12)15)10(13-4-6)14-7-1-2-16-5-7/h1-5H,11H2,(H2,12,15)(H,13,14). The van der Waals surface area contributed by atoms with E-state index in [1.807, 2.05) is 16.8 Å². The largest absolute Gasteiger partial charge is 0.397 e. The molecule has 0 spiro atoms. The monoisotopic (exact) mass is 234 g/mol. The molecule has 16 heavy (non-hydrogen) atoms. The molecule has 0 radical (unpaired) electrons. The maximum atomic E-state index is 11.2. The van der Waals surface area contributed by atoms with Gasteiger partial charge in [-0.15, -0.1) is 0 Å². The van der Waals surface area contributed by atoms with Crippen LogP contribution in [0.3, 0.4) is 0 Å². The van der Waals surface area contributed by atoms with Gasteiger partial charge in [-0.3, -0.25) is 4.79 Å². The Bertz CT molecular complexity index is 510. The van der Waals surface area contributed by atoms with Crippen LogP contribution < -0.4 is 16.8 Å². The van der Waals surface area contributed by atoms with Crippen molar-refractivity contribution in [3.05, 3.63) is 34.7 Å². The molecule has 0 aliphatic heterocycles. The van der Waals surface area contributed by atoms with Crippen molar-refractivity contribution in [2.75, 3.05) is 11.1 Å². The number of rotatable bonds is 3. The number of thiophene rings is 1. The topological polar surface area (TPSA) is 94.0 Å². The van der Waals surface area contributed by atoms with E-state index in [1.54, 1.807) is 11.3 Å². The van der Waals surface area contributed by atoms with Crippen LogP contribution in [0.15, 0.2) is 29.1 Å². The molecule has 2 heterocycles. The van der Waals surface area contributed by atoms with Crippen LogP contribution in [0.1, 0.15) is 10.4 Å². The minimum absolute atomic E-state index is 0.284. The van der Waals surface area contributed by atoms with Crippen LogP contribution in [0.5, 0.6) is 0 Å². The summed E-state index contributed by atoms with van der Waals surface area (Å²) >= 11 is 1.55. The lowest BCUT2D eigenvalue weighted by Gasteiger charge is -2.07. The molecule has 0 bridgehead atoms. The van der Waals surface area contributed by atoms with Crippen molar-refractivity contribution < 1.29 is 4.79 Å². The van der Waals surface area contributed by atoms with Crippen molar-refractivity contribution in [1.29, 1.82) is 0 Å². The first-order chi connectivity index (χ1) is 7.66. The molecule has 5 nitrogen and oxygen atoms in total. The molecule has 0 aromatic carbocycles. The number of primary amides is 1. The second-order valence-corrected chi connectivity index (χ2v) is 3.95. The van der Waals surface area contributed by atoms with E-state index in [0.29, 0.717) is 11.5 Å². The quantitative estimate of drug-likeness (QED) is 0.751. The highest BCUT2D eigenvalue weighted by Gasteiger charge is 2.10. The lowest BCUT2D eigenvalue weighted by Crippen LogP contribution is -2.14. The van der Waals surface area contributed by atoms with Crippen molar-refractivity contribution >= 4 is 34.4 Å². The predicted octanol–water partition coefficient (Wildman–Crippen LogP) is 1.57. The molecule has 0 aliphatic rings. The average molecular weight is 234 g/mol. The molecule has 82 valence electrons. The van der Waals surface area contributed by atoms with Gasteiger partial charge in [0, 0.05) is 5.38 Å². The molecule has 0 saturated carbocycles. The number of carbonyl (C=O) groups is 1. The van der Waals surface area contributed by atoms with Crippen molar-refractivity contribution in [1.82, 2.24) is 4.98 Å². The van der Waals surface area contributed by atoms with Gasteiger partial charge >= 0.3 is 0 Å². The maximum absolute atomic E-state index is 11.2. The zero-order valence-corrected chi connectivity index (χ0v) is 9.12. The Hall–Kier alpha value is -2.08. The van der Waals surface area contributed by atoms with Crippen molar-refractivity contribution in [3.8, 4) is 0 Å². The second-order valence-electron chi connectivity index (χ2n) is 3.17. The SMILES string of the molecule is NC(=O)c1cc(N)cnc1Nc1ccsc1. The molecule has 1 amide bonds. The fraction of sp³-hybridized carbons (Fsp3) is 0. The van der Waals surface area contributed by atoms with Gasteiger partial charge in [-0.05, 0) is 17.5 Å². The van der Waals surface area contributed by atoms with Crippen LogP contribution >= 0.6 is 11.3 Å². The maximum Gasteiger partial charge on any atom is 0.252 e. The number of nitrogens with zero attached hydrogens (tertiary/aromatic N) is 1. The minimum atomic E-state index is -0.558. The fourth-order valence-electron chi connectivity index (χ4n) is 1.24. The summed E-state index contributed by atoms with van der Waals surface area (Å²) in [5, 5.41) is 6.83. The number of hydrogen-bond acceptors (Lipinski definition) is 5. The highest BCUT2D eigenvalue weighted by molar-refractivity contribution is 7.08. The van der Waals surface area contributed by atoms with Crippen molar-refractivity contribution in [2.45, 2.75) is 0 Å². The summed E-state index contributed by atoms with van der Waals surface area (Å²) in [7, 11) is 0. The summed E-state index contributed by atoms with van der Waals surface area (Å²) in [6.07, 6.45) is 1.47. The summed E-state index contributed by atoms with van der Waals surface area (Å²) in [6, 6.07) is 3.39. The van der Waals surface area contributed by atoms with Gasteiger partial charge in [-0.2, -0.15) is 11.3 Å². The Kier molecular flexibility index (Phi) is 2.74. The molecule has 0 saturated heterocycles. The first-order valence-electron chi connectivity index (χ1n) is 4.51. The molecule has 6 heteroatoms. The number of amides is 1. The first kappa shape index (κ1) is 10.4. The van der Waals surface area contributed by atoms with Gasteiger partial charge in [0.2, 0.25) is 0 Å². The van der Waals surface area contributed by atoms with Gasteiger partial charge in [0.05, 0.1) is 23.1 Å². The summed E-state index contributed by atoms with van der Waals surface area (Å²) in [5.74, 6) is -0.141. The van der Waals surface area contributed by atoms with E-state index in [1.165, 1.54) is 12.3 Å². The number of nitrogens with one attached hydrogen (secondary N) is 1. The molecule has 2 aromatic heterocycles. The van der Waals surface area contributed by atoms with Gasteiger partial charge in [0.25, 0.3) is 5.91 Å². The van der Waals surface area contributed by atoms with Crippen LogP contribution in [0.4, 0.5) is 17.2 Å². The van der Waals surface area contributed by atoms with Gasteiger partial charge in [-0.1, -0.05) is 0 Å². The lowest BCUT2D eigenvalue weighted by molar-refractivity contribution is 0.100. The van der Waals surface area contributed by atoms with E-state index < -0.39 is 5.91 Å². The van der Waals surface area contributed by atoms with Crippen LogP contribution in [0.2, 0.25) is 0 Å². The Labute approximate surface area is 96.1 Å². The number of hydrogen-bond donors (Lipinski definition) is 3. The van der Waals surface area contributed by atoms with Crippen LogP contribution in [0, 0.1) is 0 Å². The number of carbonyl (C=O) groups excluding carboxylic acids is 1. The molecule has 0 fully saturated rings. The third-order valence-electron chi connectivity index (χ3n) is 1.96. The smallest absolute Gasteiger partial charge is 0.252 e. The summed E-state index contributed by atoms with van der Waals surface area (Å²) in [5.41, 5.74) is 12.3. The number of nitrogens with two attached hydrogens (primary N) is 2. The van der Waals surface area contributed by atoms with E-state index in [4.69, 9.17) is 11.5 Å². The van der Waals surface area contributed by atoms with E-state index in [-0.39, 0.29) is 5.56 Å². The normalized spacial score (nSPS) is 10.0. The summed E-state index contributed by atoms with van der Waals surface area (Å²) < 4.78 is 0. The van der Waals surface area contributed by atoms with E-state index in [2.05, 4.69) is 10.3 Å². The van der Waals surface area contributed by atoms with Crippen LogP contribution in [-0.2, 0) is 0 Å². The van der Waals surface area contributed by atoms with Crippen LogP contribution in [-0.4, -0.2) is 10.9 Å². The molecule has 2 rings (SSSR count). The Morgan fingerprint density at radius 1 is 1.50 bits per heavy atom. The first-order valence-corrected chi connectivity index (χ1v) is 5.45. The van der Waals surface area contributed by atoms with E-state index in [0.717, 1.165) is 5.69 Å². The highest BCUT2D eigenvalue weighted by Crippen LogP contribution is 2.21. The highest BCUT2D eigenvalue weighted by atomic mass is 32.1. The Morgan fingerprint density at radius 2 is 2.31 bits per heavy atom. The average Bonchev–Trinajstić information content (AvgIpc) is 2.73. The van der Waals surface area contributed by atoms with Crippen molar-refractivity contribution in [2.24, 2.45) is 5.73 Å². The zero-order chi connectivity index (χ0) is 11.5. The minimum Gasteiger partial charge on any atom is -0.397 e. The second kappa shape index (κ2) is 4.19. The Morgan fingerprint density at radius 3 is 2.94 bits per heavy atom. The number of pyridine rings is 1. The predicted molar refractivity (Wildman–Crippen MR) is 64.8 cm³/mol. The molecule has 0 aliphatic carbocycles. The van der Waals surface area contributed by atoms with Gasteiger partial charge in [0.15, 0.2) is 0 Å². The molecule has 5 N–H and O–H groups in total. The number of nitrogen functional groups attached to an aromatic ring is 1. The van der Waals surface area contributed by atoms with Gasteiger partial charge in [0.1, 0.15) is 5.82 Å². The zero-order valence-electron chi connectivity index (χ0n) is 8.31. The van der Waals surface area contributed by atoms with E-state index >= 15 is 0 Å².